The summed E-state index contributed by atoms with van der Waals surface area (Å²) >= 11 is 0. The molecule has 22 heavy (non-hydrogen) atoms. The van der Waals surface area contributed by atoms with E-state index in [1.165, 1.54) is 0 Å². The van der Waals surface area contributed by atoms with Crippen LogP contribution in [0.2, 0.25) is 0 Å². The first-order valence-electron chi connectivity index (χ1n) is 6.67. The van der Waals surface area contributed by atoms with Crippen molar-refractivity contribution < 1.29 is 9.53 Å². The van der Waals surface area contributed by atoms with Crippen molar-refractivity contribution in [3.05, 3.63) is 30.2 Å². The van der Waals surface area contributed by atoms with Crippen LogP contribution < -0.4 is 10.6 Å². The molecular weight excluding hydrogens is 329 g/mol. The minimum atomic E-state index is -0.301. The van der Waals surface area contributed by atoms with Gasteiger partial charge in [0.05, 0.1) is 19.3 Å². The van der Waals surface area contributed by atoms with Crippen LogP contribution in [0.15, 0.2) is 24.4 Å². The molecule has 0 aliphatic carbocycles. The number of hydrogen-bond donors (Lipinski definition) is 2. The predicted molar refractivity (Wildman–Crippen MR) is 86.7 cm³/mol. The van der Waals surface area contributed by atoms with E-state index in [4.69, 9.17) is 4.74 Å². The van der Waals surface area contributed by atoms with Crippen molar-refractivity contribution in [1.82, 2.24) is 25.2 Å². The molecule has 2 unspecified atom stereocenters. The van der Waals surface area contributed by atoms with E-state index < -0.39 is 0 Å². The second-order valence-corrected chi connectivity index (χ2v) is 4.80. The second kappa shape index (κ2) is 8.28. The lowest BCUT2D eigenvalue weighted by molar-refractivity contribution is -0.126. The van der Waals surface area contributed by atoms with E-state index in [9.17, 15) is 4.79 Å². The van der Waals surface area contributed by atoms with Gasteiger partial charge < -0.3 is 15.4 Å². The molecule has 1 amide bonds. The van der Waals surface area contributed by atoms with Gasteiger partial charge in [-0.2, -0.15) is 0 Å². The number of rotatable bonds is 3. The molecule has 0 radical (unpaired) electrons. The fourth-order valence-electron chi connectivity index (χ4n) is 2.27. The zero-order valence-electron chi connectivity index (χ0n) is 12.1. The zero-order chi connectivity index (χ0) is 13.9. The van der Waals surface area contributed by atoms with Gasteiger partial charge in [0.15, 0.2) is 11.5 Å². The van der Waals surface area contributed by atoms with Crippen molar-refractivity contribution in [1.29, 1.82) is 0 Å². The molecule has 2 aromatic rings. The van der Waals surface area contributed by atoms with Crippen LogP contribution in [0, 0.1) is 0 Å². The fraction of sp³-hybridized carbons (Fsp3) is 0.462. The Bertz CT molecular complexity index is 615. The van der Waals surface area contributed by atoms with Gasteiger partial charge in [-0.05, 0) is 19.1 Å². The number of carbonyl (C=O) groups excluding carboxylic acids is 1. The van der Waals surface area contributed by atoms with Gasteiger partial charge in [0.1, 0.15) is 6.04 Å². The van der Waals surface area contributed by atoms with Crippen molar-refractivity contribution in [3.63, 3.8) is 0 Å². The van der Waals surface area contributed by atoms with E-state index >= 15 is 0 Å². The van der Waals surface area contributed by atoms with E-state index in [1.54, 1.807) is 0 Å². The minimum Gasteiger partial charge on any atom is -0.378 e. The number of hydrogen-bond acceptors (Lipinski definition) is 5. The molecule has 0 aromatic carbocycles. The third kappa shape index (κ3) is 3.86. The zero-order valence-corrected chi connectivity index (χ0v) is 13.7. The lowest BCUT2D eigenvalue weighted by Gasteiger charge is -2.24. The maximum atomic E-state index is 12.1. The van der Waals surface area contributed by atoms with Crippen molar-refractivity contribution in [2.24, 2.45) is 0 Å². The van der Waals surface area contributed by atoms with Crippen LogP contribution in [0.5, 0.6) is 0 Å². The number of halogens is 2. The number of ether oxygens (including phenoxy) is 1. The summed E-state index contributed by atoms with van der Waals surface area (Å²) in [6, 6.07) is 5.17. The first-order chi connectivity index (χ1) is 9.75. The van der Waals surface area contributed by atoms with Crippen molar-refractivity contribution >= 4 is 36.4 Å². The highest BCUT2D eigenvalue weighted by Crippen LogP contribution is 2.12. The average molecular weight is 348 g/mol. The smallest absolute Gasteiger partial charge is 0.240 e. The number of amides is 1. The van der Waals surface area contributed by atoms with Gasteiger partial charge in [0, 0.05) is 12.7 Å². The normalized spacial score (nSPS) is 18.9. The molecule has 2 N–H and O–H groups in total. The highest BCUT2D eigenvalue weighted by atomic mass is 35.5. The highest BCUT2D eigenvalue weighted by molar-refractivity contribution is 5.85. The molecule has 0 saturated carbocycles. The fourth-order valence-corrected chi connectivity index (χ4v) is 2.27. The Morgan fingerprint density at radius 1 is 1.45 bits per heavy atom. The minimum absolute atomic E-state index is 0. The van der Waals surface area contributed by atoms with Crippen LogP contribution in [0.3, 0.4) is 0 Å². The Kier molecular flexibility index (Phi) is 7.02. The Hall–Kier alpha value is -1.41. The molecular formula is C13H19Cl2N5O2. The lowest BCUT2D eigenvalue weighted by atomic mass is 10.2. The Morgan fingerprint density at radius 3 is 3.00 bits per heavy atom. The van der Waals surface area contributed by atoms with Gasteiger partial charge in [0.25, 0.3) is 0 Å². The molecule has 0 bridgehead atoms. The molecule has 3 heterocycles. The number of morpholine rings is 1. The Labute approximate surface area is 140 Å². The van der Waals surface area contributed by atoms with E-state index in [-0.39, 0.29) is 42.8 Å². The number of nitrogens with one attached hydrogen (secondary N) is 2. The summed E-state index contributed by atoms with van der Waals surface area (Å²) < 4.78 is 7.16. The van der Waals surface area contributed by atoms with Gasteiger partial charge in [-0.25, -0.2) is 0 Å². The summed E-state index contributed by atoms with van der Waals surface area (Å²) in [7, 11) is 0. The number of nitrogens with zero attached hydrogens (tertiary/aromatic N) is 3. The van der Waals surface area contributed by atoms with E-state index in [1.807, 2.05) is 35.7 Å². The van der Waals surface area contributed by atoms with Crippen LogP contribution in [0.1, 0.15) is 18.8 Å². The van der Waals surface area contributed by atoms with Gasteiger partial charge in [-0.3, -0.25) is 9.20 Å². The molecule has 1 fully saturated rings. The van der Waals surface area contributed by atoms with Crippen molar-refractivity contribution in [3.8, 4) is 0 Å². The summed E-state index contributed by atoms with van der Waals surface area (Å²) in [5.41, 5.74) is 0.766. The van der Waals surface area contributed by atoms with Gasteiger partial charge >= 0.3 is 0 Å². The van der Waals surface area contributed by atoms with Gasteiger partial charge in [0.2, 0.25) is 5.91 Å². The third-order valence-electron chi connectivity index (χ3n) is 3.32. The monoisotopic (exact) mass is 347 g/mol. The first-order valence-corrected chi connectivity index (χ1v) is 6.67. The molecule has 1 aliphatic heterocycles. The second-order valence-electron chi connectivity index (χ2n) is 4.80. The molecule has 122 valence electrons. The SMILES string of the molecule is CC(NC(=O)C1COCCN1)c1nnc2ccccn12.Cl.Cl. The van der Waals surface area contributed by atoms with Crippen LogP contribution in [0.25, 0.3) is 5.65 Å². The lowest BCUT2D eigenvalue weighted by Crippen LogP contribution is -2.51. The highest BCUT2D eigenvalue weighted by Gasteiger charge is 2.24. The van der Waals surface area contributed by atoms with Crippen molar-refractivity contribution in [2.75, 3.05) is 19.8 Å². The van der Waals surface area contributed by atoms with Crippen LogP contribution >= 0.6 is 24.8 Å². The summed E-state index contributed by atoms with van der Waals surface area (Å²) in [4.78, 5) is 12.1. The summed E-state index contributed by atoms with van der Waals surface area (Å²) in [5.74, 6) is 0.635. The standard InChI is InChI=1S/C13H17N5O2.2ClH/c1-9(15-13(19)10-8-20-7-5-14-10)12-17-16-11-4-2-3-6-18(11)12;;/h2-4,6,9-10,14H,5,7-8H2,1H3,(H,15,19);2*1H. The van der Waals surface area contributed by atoms with E-state index in [0.29, 0.717) is 25.6 Å². The quantitative estimate of drug-likeness (QED) is 0.855. The maximum absolute atomic E-state index is 12.1. The van der Waals surface area contributed by atoms with Gasteiger partial charge in [-0.15, -0.1) is 35.0 Å². The maximum Gasteiger partial charge on any atom is 0.240 e. The molecule has 1 saturated heterocycles. The summed E-state index contributed by atoms with van der Waals surface area (Å²) in [6.45, 7) is 3.64. The molecule has 2 aromatic heterocycles. The largest absolute Gasteiger partial charge is 0.378 e. The molecule has 1 aliphatic rings. The summed E-state index contributed by atoms with van der Waals surface area (Å²) in [5, 5.41) is 14.3. The molecule has 3 rings (SSSR count). The van der Waals surface area contributed by atoms with E-state index in [0.717, 1.165) is 5.65 Å². The van der Waals surface area contributed by atoms with Crippen LogP contribution in [-0.2, 0) is 9.53 Å². The number of carbonyl (C=O) groups is 1. The Morgan fingerprint density at radius 2 is 2.27 bits per heavy atom. The average Bonchev–Trinajstić information content (AvgIpc) is 2.92. The van der Waals surface area contributed by atoms with Gasteiger partial charge in [-0.1, -0.05) is 6.07 Å². The number of pyridine rings is 1. The van der Waals surface area contributed by atoms with E-state index in [2.05, 4.69) is 20.8 Å². The predicted octanol–water partition coefficient (Wildman–Crippen LogP) is 0.739. The third-order valence-corrected chi connectivity index (χ3v) is 3.32. The summed E-state index contributed by atoms with van der Waals surface area (Å²) in [6.07, 6.45) is 1.88. The van der Waals surface area contributed by atoms with Crippen molar-refractivity contribution in [2.45, 2.75) is 19.0 Å². The van der Waals surface area contributed by atoms with Crippen LogP contribution in [0.4, 0.5) is 0 Å². The number of aromatic nitrogens is 3. The molecule has 7 nitrogen and oxygen atoms in total. The number of fused-ring (bicyclic) bond motifs is 1. The molecule has 2 atom stereocenters. The molecule has 0 spiro atoms. The first kappa shape index (κ1) is 18.6. The topological polar surface area (TPSA) is 80.5 Å². The van der Waals surface area contributed by atoms with Crippen LogP contribution in [-0.4, -0.2) is 46.3 Å². The Balaban J connectivity index is 0.00000121. The molecule has 9 heteroatoms.